The molecule has 0 saturated carbocycles. The third-order valence-electron chi connectivity index (χ3n) is 3.65. The molecule has 3 rings (SSSR count). The van der Waals surface area contributed by atoms with Gasteiger partial charge in [0, 0.05) is 6.42 Å². The van der Waals surface area contributed by atoms with Crippen LogP contribution in [0.2, 0.25) is 0 Å². The van der Waals surface area contributed by atoms with E-state index in [9.17, 15) is 4.79 Å². The quantitative estimate of drug-likeness (QED) is 0.747. The minimum Gasteiger partial charge on any atom is -0.495 e. The number of hydrogen-bond donors (Lipinski definition) is 1. The summed E-state index contributed by atoms with van der Waals surface area (Å²) in [5.74, 6) is 1.40. The number of anilines is 1. The van der Waals surface area contributed by atoms with Crippen LogP contribution in [0.1, 0.15) is 12.7 Å². The monoisotopic (exact) mass is 337 g/mol. The minimum absolute atomic E-state index is 0.151. The highest BCUT2D eigenvalue weighted by atomic mass is 16.5. The van der Waals surface area contributed by atoms with Gasteiger partial charge in [0.05, 0.1) is 23.7 Å². The van der Waals surface area contributed by atoms with E-state index in [0.717, 1.165) is 10.9 Å². The lowest BCUT2D eigenvalue weighted by Crippen LogP contribution is -2.21. The molecular weight excluding hydrogens is 318 g/mol. The summed E-state index contributed by atoms with van der Waals surface area (Å²) in [5, 5.41) is 3.56. The number of rotatable bonds is 6. The number of nitrogens with zero attached hydrogens (tertiary/aromatic N) is 2. The van der Waals surface area contributed by atoms with E-state index in [-0.39, 0.29) is 12.5 Å². The van der Waals surface area contributed by atoms with Crippen LogP contribution in [0.5, 0.6) is 11.6 Å². The summed E-state index contributed by atoms with van der Waals surface area (Å²) in [4.78, 5) is 21.1. The minimum atomic E-state index is -0.287. The maximum atomic E-state index is 12.2. The third-order valence-corrected chi connectivity index (χ3v) is 3.65. The van der Waals surface area contributed by atoms with Crippen molar-refractivity contribution in [3.05, 3.63) is 54.4 Å². The van der Waals surface area contributed by atoms with Crippen LogP contribution >= 0.6 is 0 Å². The number of amides is 1. The molecule has 128 valence electrons. The van der Waals surface area contributed by atoms with Crippen molar-refractivity contribution in [2.45, 2.75) is 13.3 Å². The smallest absolute Gasteiger partial charge is 0.262 e. The van der Waals surface area contributed by atoms with E-state index in [1.807, 2.05) is 43.3 Å². The number of ether oxygens (including phenoxy) is 2. The normalized spacial score (nSPS) is 10.5. The lowest BCUT2D eigenvalue weighted by molar-refractivity contribution is -0.118. The molecular formula is C19H19N3O3. The lowest BCUT2D eigenvalue weighted by atomic mass is 10.2. The van der Waals surface area contributed by atoms with Crippen molar-refractivity contribution in [3.63, 3.8) is 0 Å². The first-order valence-corrected chi connectivity index (χ1v) is 8.02. The van der Waals surface area contributed by atoms with Gasteiger partial charge < -0.3 is 14.8 Å². The topological polar surface area (TPSA) is 73.3 Å². The zero-order valence-electron chi connectivity index (χ0n) is 14.2. The predicted molar refractivity (Wildman–Crippen MR) is 96.0 cm³/mol. The van der Waals surface area contributed by atoms with Gasteiger partial charge in [-0.2, -0.15) is 4.98 Å². The highest BCUT2D eigenvalue weighted by Gasteiger charge is 2.11. The second-order valence-corrected chi connectivity index (χ2v) is 5.35. The summed E-state index contributed by atoms with van der Waals surface area (Å²) in [5.41, 5.74) is 1.40. The van der Waals surface area contributed by atoms with E-state index in [0.29, 0.717) is 29.6 Å². The number of para-hydroxylation sites is 3. The van der Waals surface area contributed by atoms with Crippen LogP contribution in [0.15, 0.2) is 48.5 Å². The van der Waals surface area contributed by atoms with Gasteiger partial charge in [-0.3, -0.25) is 4.79 Å². The fraction of sp³-hybridized carbons (Fsp3) is 0.211. The maximum absolute atomic E-state index is 12.2. The second kappa shape index (κ2) is 7.61. The van der Waals surface area contributed by atoms with E-state index >= 15 is 0 Å². The summed E-state index contributed by atoms with van der Waals surface area (Å²) < 4.78 is 10.9. The average Bonchev–Trinajstić information content (AvgIpc) is 2.66. The number of aryl methyl sites for hydroxylation is 1. The molecule has 2 aromatic carbocycles. The van der Waals surface area contributed by atoms with Crippen molar-refractivity contribution in [1.82, 2.24) is 9.97 Å². The molecule has 1 heterocycles. The SMILES string of the molecule is CCc1nc(OCC(=O)Nc2ccccc2OC)c2ccccc2n1. The first-order valence-electron chi connectivity index (χ1n) is 8.02. The average molecular weight is 337 g/mol. The fourth-order valence-corrected chi connectivity index (χ4v) is 2.43. The van der Waals surface area contributed by atoms with Crippen LogP contribution in [0, 0.1) is 0 Å². The number of aromatic nitrogens is 2. The van der Waals surface area contributed by atoms with Gasteiger partial charge in [0.25, 0.3) is 5.91 Å². The van der Waals surface area contributed by atoms with Gasteiger partial charge in [0.15, 0.2) is 6.61 Å². The largest absolute Gasteiger partial charge is 0.495 e. The number of nitrogens with one attached hydrogen (secondary N) is 1. The van der Waals surface area contributed by atoms with E-state index in [4.69, 9.17) is 9.47 Å². The molecule has 1 N–H and O–H groups in total. The molecule has 0 fully saturated rings. The number of hydrogen-bond acceptors (Lipinski definition) is 5. The molecule has 0 bridgehead atoms. The van der Waals surface area contributed by atoms with Crippen molar-refractivity contribution >= 4 is 22.5 Å². The fourth-order valence-electron chi connectivity index (χ4n) is 2.43. The Bertz CT molecular complexity index is 896. The summed E-state index contributed by atoms with van der Waals surface area (Å²) >= 11 is 0. The summed E-state index contributed by atoms with van der Waals surface area (Å²) in [6, 6.07) is 14.8. The molecule has 0 aliphatic heterocycles. The number of methoxy groups -OCH3 is 1. The molecule has 0 atom stereocenters. The Kier molecular flexibility index (Phi) is 5.09. The molecule has 0 radical (unpaired) electrons. The van der Waals surface area contributed by atoms with Crippen LogP contribution < -0.4 is 14.8 Å². The first kappa shape index (κ1) is 16.7. The van der Waals surface area contributed by atoms with Gasteiger partial charge in [0.2, 0.25) is 5.88 Å². The number of fused-ring (bicyclic) bond motifs is 1. The molecule has 1 aromatic heterocycles. The molecule has 6 heteroatoms. The Labute approximate surface area is 145 Å². The Morgan fingerprint density at radius 3 is 2.64 bits per heavy atom. The molecule has 0 aliphatic rings. The van der Waals surface area contributed by atoms with Crippen LogP contribution in [0.4, 0.5) is 5.69 Å². The Balaban J connectivity index is 1.75. The standard InChI is InChI=1S/C19H19N3O3/c1-3-17-20-14-9-5-4-8-13(14)19(22-17)25-12-18(23)21-15-10-6-7-11-16(15)24-2/h4-11H,3,12H2,1-2H3,(H,21,23). The number of carbonyl (C=O) groups is 1. The van der Waals surface area contributed by atoms with Gasteiger partial charge in [-0.25, -0.2) is 4.98 Å². The molecule has 0 spiro atoms. The van der Waals surface area contributed by atoms with E-state index in [2.05, 4.69) is 15.3 Å². The van der Waals surface area contributed by atoms with Crippen molar-refractivity contribution in [2.75, 3.05) is 19.0 Å². The van der Waals surface area contributed by atoms with E-state index < -0.39 is 0 Å². The maximum Gasteiger partial charge on any atom is 0.262 e. The Morgan fingerprint density at radius 2 is 1.84 bits per heavy atom. The van der Waals surface area contributed by atoms with Crippen LogP contribution in [-0.2, 0) is 11.2 Å². The Morgan fingerprint density at radius 1 is 1.08 bits per heavy atom. The van der Waals surface area contributed by atoms with Crippen molar-refractivity contribution < 1.29 is 14.3 Å². The van der Waals surface area contributed by atoms with Crippen molar-refractivity contribution in [3.8, 4) is 11.6 Å². The third kappa shape index (κ3) is 3.85. The lowest BCUT2D eigenvalue weighted by Gasteiger charge is -2.11. The predicted octanol–water partition coefficient (Wildman–Crippen LogP) is 3.22. The summed E-state index contributed by atoms with van der Waals surface area (Å²) in [6.07, 6.45) is 0.689. The van der Waals surface area contributed by atoms with E-state index in [1.165, 1.54) is 0 Å². The molecule has 1 amide bonds. The van der Waals surface area contributed by atoms with Gasteiger partial charge >= 0.3 is 0 Å². The van der Waals surface area contributed by atoms with Crippen molar-refractivity contribution in [2.24, 2.45) is 0 Å². The molecule has 25 heavy (non-hydrogen) atoms. The number of benzene rings is 2. The van der Waals surface area contributed by atoms with E-state index in [1.54, 1.807) is 19.2 Å². The number of carbonyl (C=O) groups excluding carboxylic acids is 1. The van der Waals surface area contributed by atoms with Gasteiger partial charge in [0.1, 0.15) is 11.6 Å². The van der Waals surface area contributed by atoms with Gasteiger partial charge in [-0.05, 0) is 24.3 Å². The highest BCUT2D eigenvalue weighted by molar-refractivity contribution is 5.93. The molecule has 0 unspecified atom stereocenters. The van der Waals surface area contributed by atoms with Gasteiger partial charge in [-0.1, -0.05) is 31.2 Å². The Hall–Kier alpha value is -3.15. The van der Waals surface area contributed by atoms with Crippen molar-refractivity contribution in [1.29, 1.82) is 0 Å². The van der Waals surface area contributed by atoms with Crippen LogP contribution in [0.25, 0.3) is 10.9 Å². The molecule has 3 aromatic rings. The van der Waals surface area contributed by atoms with Gasteiger partial charge in [-0.15, -0.1) is 0 Å². The highest BCUT2D eigenvalue weighted by Crippen LogP contribution is 2.24. The zero-order valence-corrected chi connectivity index (χ0v) is 14.2. The summed E-state index contributed by atoms with van der Waals surface area (Å²) in [7, 11) is 1.56. The second-order valence-electron chi connectivity index (χ2n) is 5.35. The molecule has 6 nitrogen and oxygen atoms in total. The van der Waals surface area contributed by atoms with Crippen LogP contribution in [-0.4, -0.2) is 29.6 Å². The zero-order chi connectivity index (χ0) is 17.6. The summed E-state index contributed by atoms with van der Waals surface area (Å²) in [6.45, 7) is 1.82. The van der Waals surface area contributed by atoms with Crippen LogP contribution in [0.3, 0.4) is 0 Å². The molecule has 0 saturated heterocycles. The first-order chi connectivity index (χ1) is 12.2. The molecule has 0 aliphatic carbocycles.